The van der Waals surface area contributed by atoms with Gasteiger partial charge in [0.2, 0.25) is 0 Å². The number of hydrogen-bond donors (Lipinski definition) is 1. The molecule has 0 bridgehead atoms. The maximum Gasteiger partial charge on any atom is 0.256 e. The molecular weight excluding hydrogens is 364 g/mol. The number of nitrogens with zero attached hydrogens (tertiary/aromatic N) is 1. The quantitative estimate of drug-likeness (QED) is 0.483. The molecule has 2 atom stereocenters. The van der Waals surface area contributed by atoms with E-state index < -0.39 is 5.60 Å². The molecule has 1 fully saturated rings. The zero-order chi connectivity index (χ0) is 21.1. The molecule has 1 aromatic rings. The SMILES string of the molecule is CCCC[C@](C)(OCC)C(=O)Nc1ccc(OCCCN2CCCC[C@@H]2C)cc1. The molecule has 1 aliphatic rings. The molecule has 5 nitrogen and oxygen atoms in total. The van der Waals surface area contributed by atoms with Crippen molar-refractivity contribution in [1.29, 1.82) is 0 Å². The van der Waals surface area contributed by atoms with Gasteiger partial charge in [0, 0.05) is 24.9 Å². The summed E-state index contributed by atoms with van der Waals surface area (Å²) in [5, 5.41) is 2.99. The molecule has 0 aromatic heterocycles. The predicted octanol–water partition coefficient (Wildman–Crippen LogP) is 5.25. The largest absolute Gasteiger partial charge is 0.494 e. The first-order chi connectivity index (χ1) is 14.0. The highest BCUT2D eigenvalue weighted by Crippen LogP contribution is 2.23. The van der Waals surface area contributed by atoms with Crippen LogP contribution in [0.4, 0.5) is 5.69 Å². The van der Waals surface area contributed by atoms with Crippen molar-refractivity contribution in [3.8, 4) is 5.75 Å². The van der Waals surface area contributed by atoms with E-state index in [2.05, 4.69) is 24.1 Å². The van der Waals surface area contributed by atoms with Crippen molar-refractivity contribution in [1.82, 2.24) is 4.90 Å². The van der Waals surface area contributed by atoms with Crippen LogP contribution in [0.15, 0.2) is 24.3 Å². The molecular formula is C24H40N2O3. The van der Waals surface area contributed by atoms with Crippen molar-refractivity contribution in [3.63, 3.8) is 0 Å². The van der Waals surface area contributed by atoms with Crippen molar-refractivity contribution in [2.24, 2.45) is 0 Å². The fraction of sp³-hybridized carbons (Fsp3) is 0.708. The van der Waals surface area contributed by atoms with Crippen molar-refractivity contribution in [2.75, 3.05) is 31.6 Å². The summed E-state index contributed by atoms with van der Waals surface area (Å²) in [5.74, 6) is 0.755. The fourth-order valence-electron chi connectivity index (χ4n) is 3.93. The standard InChI is InChI=1S/C24H40N2O3/c1-5-7-16-24(4,29-6-2)23(27)25-21-12-14-22(15-13-21)28-19-10-18-26-17-9-8-11-20(26)3/h12-15,20H,5-11,16-19H2,1-4H3,(H,25,27)/t20-,24-/m0/s1. The summed E-state index contributed by atoms with van der Waals surface area (Å²) in [5.41, 5.74) is -0.0159. The number of amides is 1. The third-order valence-corrected chi connectivity index (χ3v) is 5.86. The molecule has 0 spiro atoms. The Balaban J connectivity index is 1.77. The van der Waals surface area contributed by atoms with Gasteiger partial charge in [0.05, 0.1) is 6.61 Å². The van der Waals surface area contributed by atoms with E-state index in [0.29, 0.717) is 19.3 Å². The summed E-state index contributed by atoms with van der Waals surface area (Å²) in [4.78, 5) is 15.3. The maximum absolute atomic E-state index is 12.7. The van der Waals surface area contributed by atoms with Crippen LogP contribution in [0.5, 0.6) is 5.75 Å². The van der Waals surface area contributed by atoms with Crippen LogP contribution < -0.4 is 10.1 Å². The molecule has 1 aromatic carbocycles. The minimum atomic E-state index is -0.786. The van der Waals surface area contributed by atoms with Crippen molar-refractivity contribution in [3.05, 3.63) is 24.3 Å². The topological polar surface area (TPSA) is 50.8 Å². The summed E-state index contributed by atoms with van der Waals surface area (Å²) in [6, 6.07) is 8.33. The van der Waals surface area contributed by atoms with Crippen LogP contribution in [0, 0.1) is 0 Å². The highest BCUT2D eigenvalue weighted by Gasteiger charge is 2.33. The van der Waals surface area contributed by atoms with Gasteiger partial charge in [0.1, 0.15) is 11.4 Å². The monoisotopic (exact) mass is 404 g/mol. The lowest BCUT2D eigenvalue weighted by atomic mass is 9.97. The molecule has 29 heavy (non-hydrogen) atoms. The Labute approximate surface area is 177 Å². The molecule has 0 aliphatic carbocycles. The van der Waals surface area contributed by atoms with Crippen molar-refractivity contribution in [2.45, 2.75) is 84.3 Å². The van der Waals surface area contributed by atoms with Gasteiger partial charge in [-0.05, 0) is 77.3 Å². The Bertz CT molecular complexity index is 605. The summed E-state index contributed by atoms with van der Waals surface area (Å²) in [6.07, 6.45) is 7.76. The highest BCUT2D eigenvalue weighted by atomic mass is 16.5. The first-order valence-electron chi connectivity index (χ1n) is 11.4. The molecule has 1 N–H and O–H groups in total. The number of likely N-dealkylation sites (tertiary alicyclic amines) is 1. The van der Waals surface area contributed by atoms with Gasteiger partial charge in [0.25, 0.3) is 5.91 Å². The van der Waals surface area contributed by atoms with Crippen LogP contribution in [0.2, 0.25) is 0 Å². The number of unbranched alkanes of at least 4 members (excludes halogenated alkanes) is 1. The van der Waals surface area contributed by atoms with Crippen LogP contribution >= 0.6 is 0 Å². The Morgan fingerprint density at radius 1 is 1.21 bits per heavy atom. The second-order valence-corrected chi connectivity index (χ2v) is 8.33. The van der Waals surface area contributed by atoms with Gasteiger partial charge in [-0.1, -0.05) is 26.2 Å². The second kappa shape index (κ2) is 12.2. The normalized spacial score (nSPS) is 19.5. The fourth-order valence-corrected chi connectivity index (χ4v) is 3.93. The number of ether oxygens (including phenoxy) is 2. The predicted molar refractivity (Wildman–Crippen MR) is 120 cm³/mol. The minimum absolute atomic E-state index is 0.0860. The molecule has 5 heteroatoms. The van der Waals surface area contributed by atoms with E-state index in [-0.39, 0.29) is 5.91 Å². The molecule has 1 saturated heterocycles. The lowest BCUT2D eigenvalue weighted by molar-refractivity contribution is -0.139. The van der Waals surface area contributed by atoms with Gasteiger partial charge in [-0.15, -0.1) is 0 Å². The van der Waals surface area contributed by atoms with E-state index in [1.54, 1.807) is 0 Å². The van der Waals surface area contributed by atoms with Crippen molar-refractivity contribution < 1.29 is 14.3 Å². The summed E-state index contributed by atoms with van der Waals surface area (Å²) >= 11 is 0. The molecule has 0 radical (unpaired) electrons. The first kappa shape index (κ1) is 23.7. The van der Waals surface area contributed by atoms with E-state index in [1.807, 2.05) is 38.1 Å². The van der Waals surface area contributed by atoms with Gasteiger partial charge >= 0.3 is 0 Å². The Morgan fingerprint density at radius 2 is 1.97 bits per heavy atom. The van der Waals surface area contributed by atoms with Gasteiger partial charge in [-0.25, -0.2) is 0 Å². The Hall–Kier alpha value is -1.59. The number of rotatable bonds is 12. The second-order valence-electron chi connectivity index (χ2n) is 8.33. The minimum Gasteiger partial charge on any atom is -0.494 e. The maximum atomic E-state index is 12.7. The summed E-state index contributed by atoms with van der Waals surface area (Å²) < 4.78 is 11.7. The molecule has 2 rings (SSSR count). The Kier molecular flexibility index (Phi) is 9.95. The van der Waals surface area contributed by atoms with E-state index in [1.165, 1.54) is 25.8 Å². The number of carbonyl (C=O) groups is 1. The number of anilines is 1. The lowest BCUT2D eigenvalue weighted by Gasteiger charge is -2.33. The molecule has 1 aliphatic heterocycles. The first-order valence-corrected chi connectivity index (χ1v) is 11.4. The molecule has 1 amide bonds. The third-order valence-electron chi connectivity index (χ3n) is 5.86. The number of nitrogens with one attached hydrogen (secondary N) is 1. The summed E-state index contributed by atoms with van der Waals surface area (Å²) in [7, 11) is 0. The number of carbonyl (C=O) groups excluding carboxylic acids is 1. The van der Waals surface area contributed by atoms with E-state index in [0.717, 1.165) is 43.7 Å². The average molecular weight is 405 g/mol. The molecule has 0 unspecified atom stereocenters. The van der Waals surface area contributed by atoms with Gasteiger partial charge in [0.15, 0.2) is 0 Å². The van der Waals surface area contributed by atoms with E-state index in [4.69, 9.17) is 9.47 Å². The van der Waals surface area contributed by atoms with Crippen LogP contribution in [-0.4, -0.2) is 48.8 Å². The average Bonchev–Trinajstić information content (AvgIpc) is 2.72. The smallest absolute Gasteiger partial charge is 0.256 e. The zero-order valence-electron chi connectivity index (χ0n) is 18.8. The molecule has 164 valence electrons. The third kappa shape index (κ3) is 7.63. The number of benzene rings is 1. The van der Waals surface area contributed by atoms with Crippen molar-refractivity contribution >= 4 is 11.6 Å². The zero-order valence-corrected chi connectivity index (χ0v) is 18.8. The highest BCUT2D eigenvalue weighted by molar-refractivity contribution is 5.97. The lowest BCUT2D eigenvalue weighted by Crippen LogP contribution is -2.42. The molecule has 0 saturated carbocycles. The van der Waals surface area contributed by atoms with Crippen LogP contribution in [-0.2, 0) is 9.53 Å². The van der Waals surface area contributed by atoms with Gasteiger partial charge in [-0.3, -0.25) is 4.79 Å². The van der Waals surface area contributed by atoms with Gasteiger partial charge < -0.3 is 19.7 Å². The van der Waals surface area contributed by atoms with E-state index >= 15 is 0 Å². The van der Waals surface area contributed by atoms with Crippen LogP contribution in [0.25, 0.3) is 0 Å². The number of hydrogen-bond acceptors (Lipinski definition) is 4. The summed E-state index contributed by atoms with van der Waals surface area (Å²) in [6.45, 7) is 11.8. The van der Waals surface area contributed by atoms with Gasteiger partial charge in [-0.2, -0.15) is 0 Å². The number of piperidine rings is 1. The van der Waals surface area contributed by atoms with Crippen LogP contribution in [0.1, 0.15) is 72.6 Å². The Morgan fingerprint density at radius 3 is 2.62 bits per heavy atom. The van der Waals surface area contributed by atoms with E-state index in [9.17, 15) is 4.79 Å². The molecule has 1 heterocycles. The van der Waals surface area contributed by atoms with Crippen LogP contribution in [0.3, 0.4) is 0 Å².